The van der Waals surface area contributed by atoms with Crippen molar-refractivity contribution in [1.29, 1.82) is 0 Å². The van der Waals surface area contributed by atoms with E-state index in [1.165, 1.54) is 66.8 Å². The van der Waals surface area contributed by atoms with Gasteiger partial charge in [0.05, 0.1) is 0 Å². The monoisotopic (exact) mass is 804 g/mol. The van der Waals surface area contributed by atoms with Gasteiger partial charge in [-0.05, 0) is 56.8 Å². The molecule has 0 heterocycles. The van der Waals surface area contributed by atoms with Gasteiger partial charge in [0.25, 0.3) is 0 Å². The van der Waals surface area contributed by atoms with Gasteiger partial charge >= 0.3 is 52.4 Å². The summed E-state index contributed by atoms with van der Waals surface area (Å²) in [6, 6.07) is 30.3. The van der Waals surface area contributed by atoms with Gasteiger partial charge in [0.2, 0.25) is 0 Å². The Kier molecular flexibility index (Phi) is 14.5. The zero-order valence-electron chi connectivity index (χ0n) is 29.9. The van der Waals surface area contributed by atoms with E-state index < -0.39 is 0 Å². The van der Waals surface area contributed by atoms with Gasteiger partial charge in [-0.15, -0.1) is 22.3 Å². The molecule has 2 aliphatic carbocycles. The molecule has 0 spiro atoms. The average Bonchev–Trinajstić information content (AvgIpc) is 3.43. The van der Waals surface area contributed by atoms with E-state index in [0.717, 1.165) is 12.8 Å². The van der Waals surface area contributed by atoms with E-state index in [1.807, 2.05) is 0 Å². The van der Waals surface area contributed by atoms with Crippen LogP contribution in [-0.2, 0) is 86.9 Å². The van der Waals surface area contributed by atoms with Crippen molar-refractivity contribution in [3.8, 4) is 22.3 Å². The third-order valence-corrected chi connectivity index (χ3v) is 8.93. The van der Waals surface area contributed by atoms with Gasteiger partial charge in [-0.25, -0.2) is 0 Å². The molecule has 0 amide bonds. The first-order valence-electron chi connectivity index (χ1n) is 15.7. The van der Waals surface area contributed by atoms with Crippen LogP contribution < -0.4 is 24.8 Å². The van der Waals surface area contributed by atoms with Crippen LogP contribution >= 0.6 is 0 Å². The topological polar surface area (TPSA) is 0 Å². The van der Waals surface area contributed by atoms with Crippen LogP contribution in [0.2, 0.25) is 0 Å². The number of halogens is 2. The molecule has 0 saturated carbocycles. The standard InChI is InChI=1S/2C21H25.2ClH.2Zr/c2*1-20(2,3)16-7-9-18-14(12-16)11-15-13-17(21(4,5)6)8-10-19(15)18;;;;/h2*7-10,12H,11H2,1-6H3;2*1H;;/q2*-1;;;2*+2/p-2. The van der Waals surface area contributed by atoms with E-state index in [9.17, 15) is 0 Å². The van der Waals surface area contributed by atoms with Crippen molar-refractivity contribution in [3.05, 3.63) is 117 Å². The summed E-state index contributed by atoms with van der Waals surface area (Å²) in [6.07, 6.45) is 2.05. The van der Waals surface area contributed by atoms with Gasteiger partial charge < -0.3 is 24.8 Å². The molecule has 0 aromatic heterocycles. The van der Waals surface area contributed by atoms with E-state index in [4.69, 9.17) is 0 Å². The molecule has 4 heteroatoms. The number of benzene rings is 4. The maximum atomic E-state index is 3.67. The summed E-state index contributed by atoms with van der Waals surface area (Å²) in [5, 5.41) is 0. The van der Waals surface area contributed by atoms with E-state index in [-0.39, 0.29) is 98.9 Å². The van der Waals surface area contributed by atoms with E-state index in [0.29, 0.717) is 0 Å². The SMILES string of the molecule is CC(C)(C)c1[c-]c2c(cc1)-c1ccc(C(C)(C)C)cc1C2.CC(C)(C)c1[c-]c2c(cc1)-c1ccc(C(C)(C)C)cc1C2.[Cl-].[Cl-].[Zr+2].[Zr+2]. The number of hydrogen-bond donors (Lipinski definition) is 0. The first-order chi connectivity index (χ1) is 19.3. The van der Waals surface area contributed by atoms with Crippen molar-refractivity contribution in [1.82, 2.24) is 0 Å². The largest absolute Gasteiger partial charge is 2.00 e. The minimum absolute atomic E-state index is 0. The van der Waals surface area contributed by atoms with Crippen LogP contribution in [0.25, 0.3) is 22.3 Å². The second-order valence-corrected chi connectivity index (χ2v) is 16.6. The Morgan fingerprint density at radius 1 is 0.413 bits per heavy atom. The first kappa shape index (κ1) is 43.2. The third-order valence-electron chi connectivity index (χ3n) is 8.93. The maximum absolute atomic E-state index is 3.67. The molecule has 2 aliphatic rings. The number of fused-ring (bicyclic) bond motifs is 6. The number of hydrogen-bond acceptors (Lipinski definition) is 0. The molecular formula is C42H50Cl2Zr2. The molecule has 4 aromatic rings. The van der Waals surface area contributed by atoms with E-state index in [1.54, 1.807) is 0 Å². The zero-order valence-corrected chi connectivity index (χ0v) is 36.4. The Hall–Kier alpha value is -0.774. The summed E-state index contributed by atoms with van der Waals surface area (Å²) >= 11 is 0. The fourth-order valence-corrected chi connectivity index (χ4v) is 6.06. The van der Waals surface area contributed by atoms with Crippen LogP contribution in [-0.4, -0.2) is 0 Å². The molecule has 0 unspecified atom stereocenters. The van der Waals surface area contributed by atoms with Crippen molar-refractivity contribution in [2.75, 3.05) is 0 Å². The summed E-state index contributed by atoms with van der Waals surface area (Å²) in [5.74, 6) is 0. The van der Waals surface area contributed by atoms with Crippen LogP contribution in [0.15, 0.2) is 60.7 Å². The molecular weight excluding hydrogens is 758 g/mol. The molecule has 0 fully saturated rings. The first-order valence-corrected chi connectivity index (χ1v) is 15.7. The molecule has 240 valence electrons. The molecule has 0 aliphatic heterocycles. The molecule has 4 aromatic carbocycles. The van der Waals surface area contributed by atoms with Crippen LogP contribution in [0, 0.1) is 12.1 Å². The quantitative estimate of drug-likeness (QED) is 0.183. The molecule has 46 heavy (non-hydrogen) atoms. The van der Waals surface area contributed by atoms with Crippen molar-refractivity contribution in [3.63, 3.8) is 0 Å². The van der Waals surface area contributed by atoms with Gasteiger partial charge in [-0.1, -0.05) is 131 Å². The van der Waals surface area contributed by atoms with Crippen molar-refractivity contribution in [2.45, 2.75) is 118 Å². The minimum Gasteiger partial charge on any atom is -1.00 e. The Labute approximate surface area is 331 Å². The van der Waals surface area contributed by atoms with E-state index in [2.05, 4.69) is 156 Å². The molecule has 0 bridgehead atoms. The van der Waals surface area contributed by atoms with Crippen LogP contribution in [0.1, 0.15) is 128 Å². The summed E-state index contributed by atoms with van der Waals surface area (Å²) < 4.78 is 0. The maximum Gasteiger partial charge on any atom is 2.00 e. The number of rotatable bonds is 0. The second kappa shape index (κ2) is 15.4. The van der Waals surface area contributed by atoms with Crippen LogP contribution in [0.5, 0.6) is 0 Å². The van der Waals surface area contributed by atoms with Crippen molar-refractivity contribution < 1.29 is 77.2 Å². The molecule has 0 nitrogen and oxygen atoms in total. The summed E-state index contributed by atoms with van der Waals surface area (Å²) in [4.78, 5) is 0. The fourth-order valence-electron chi connectivity index (χ4n) is 6.06. The summed E-state index contributed by atoms with van der Waals surface area (Å²) in [5.41, 5.74) is 17.4. The van der Waals surface area contributed by atoms with Gasteiger partial charge in [0.1, 0.15) is 0 Å². The molecule has 6 rings (SSSR count). The van der Waals surface area contributed by atoms with Crippen molar-refractivity contribution in [2.24, 2.45) is 0 Å². The molecule has 0 N–H and O–H groups in total. The molecule has 0 radical (unpaired) electrons. The summed E-state index contributed by atoms with van der Waals surface area (Å²) in [7, 11) is 0. The Morgan fingerprint density at radius 3 is 1.00 bits per heavy atom. The molecule has 0 saturated heterocycles. The predicted octanol–water partition coefficient (Wildman–Crippen LogP) is 5.31. The normalized spacial score (nSPS) is 12.8. The van der Waals surface area contributed by atoms with Gasteiger partial charge in [0, 0.05) is 0 Å². The van der Waals surface area contributed by atoms with Gasteiger partial charge in [-0.2, -0.15) is 47.5 Å². The second-order valence-electron chi connectivity index (χ2n) is 16.6. The summed E-state index contributed by atoms with van der Waals surface area (Å²) in [6.45, 7) is 27.2. The van der Waals surface area contributed by atoms with Crippen LogP contribution in [0.4, 0.5) is 0 Å². The van der Waals surface area contributed by atoms with Crippen LogP contribution in [0.3, 0.4) is 0 Å². The minimum atomic E-state index is 0. The van der Waals surface area contributed by atoms with Gasteiger partial charge in [-0.3, -0.25) is 0 Å². The Bertz CT molecular complexity index is 1410. The zero-order chi connectivity index (χ0) is 30.8. The van der Waals surface area contributed by atoms with Crippen molar-refractivity contribution >= 4 is 0 Å². The average molecular weight is 808 g/mol. The van der Waals surface area contributed by atoms with Gasteiger partial charge in [0.15, 0.2) is 0 Å². The molecule has 0 atom stereocenters. The third kappa shape index (κ3) is 9.26. The Balaban J connectivity index is 0.000000423. The van der Waals surface area contributed by atoms with E-state index >= 15 is 0 Å². The Morgan fingerprint density at radius 2 is 0.717 bits per heavy atom. The predicted molar refractivity (Wildman–Crippen MR) is 182 cm³/mol. The fraction of sp³-hybridized carbons (Fsp3) is 0.429. The smallest absolute Gasteiger partial charge is 1.00 e.